The summed E-state index contributed by atoms with van der Waals surface area (Å²) in [5.41, 5.74) is 0.766. The van der Waals surface area contributed by atoms with E-state index in [1.165, 1.54) is 6.42 Å². The van der Waals surface area contributed by atoms with Gasteiger partial charge in [-0.3, -0.25) is 4.90 Å². The van der Waals surface area contributed by atoms with Gasteiger partial charge in [0.15, 0.2) is 0 Å². The number of anilines is 1. The molecule has 23 heavy (non-hydrogen) atoms. The van der Waals surface area contributed by atoms with Crippen LogP contribution in [0.1, 0.15) is 6.42 Å². The summed E-state index contributed by atoms with van der Waals surface area (Å²) in [5, 5.41) is 2.94. The predicted octanol–water partition coefficient (Wildman–Crippen LogP) is 1.80. The fourth-order valence-corrected chi connectivity index (χ4v) is 2.69. The Morgan fingerprint density at radius 3 is 2.65 bits per heavy atom. The van der Waals surface area contributed by atoms with Gasteiger partial charge in [-0.25, -0.2) is 4.79 Å². The molecule has 2 rings (SSSR count). The van der Waals surface area contributed by atoms with E-state index < -0.39 is 0 Å². The highest BCUT2D eigenvalue weighted by Crippen LogP contribution is 2.17. The monoisotopic (exact) mass is 320 g/mol. The van der Waals surface area contributed by atoms with Crippen LogP contribution in [0.25, 0.3) is 0 Å². The molecule has 0 radical (unpaired) electrons. The summed E-state index contributed by atoms with van der Waals surface area (Å²) in [7, 11) is 5.82. The summed E-state index contributed by atoms with van der Waals surface area (Å²) >= 11 is 0. The number of benzene rings is 1. The lowest BCUT2D eigenvalue weighted by molar-refractivity contribution is 0.144. The summed E-state index contributed by atoms with van der Waals surface area (Å²) in [6, 6.07) is 7.40. The highest BCUT2D eigenvalue weighted by atomic mass is 16.5. The van der Waals surface area contributed by atoms with Crippen LogP contribution in [0.2, 0.25) is 0 Å². The summed E-state index contributed by atoms with van der Waals surface area (Å²) in [5.74, 6) is 0.744. The maximum absolute atomic E-state index is 12.3. The van der Waals surface area contributed by atoms with E-state index in [9.17, 15) is 4.79 Å². The van der Waals surface area contributed by atoms with E-state index in [1.807, 2.05) is 29.2 Å². The van der Waals surface area contributed by atoms with Gasteiger partial charge in [0.25, 0.3) is 0 Å². The molecule has 1 N–H and O–H groups in total. The average Bonchev–Trinajstić information content (AvgIpc) is 2.55. The number of hydrogen-bond acceptors (Lipinski definition) is 4. The van der Waals surface area contributed by atoms with Crippen molar-refractivity contribution in [3.05, 3.63) is 24.3 Å². The number of urea groups is 1. The molecular weight excluding hydrogens is 292 g/mol. The third kappa shape index (κ3) is 5.73. The number of ether oxygens (including phenoxy) is 1. The van der Waals surface area contributed by atoms with Crippen LogP contribution in [0.4, 0.5) is 10.5 Å². The summed E-state index contributed by atoms with van der Waals surface area (Å²) in [6.07, 6.45) is 1.17. The highest BCUT2D eigenvalue weighted by molar-refractivity contribution is 5.89. The lowest BCUT2D eigenvalue weighted by Gasteiger charge is -2.34. The first kappa shape index (κ1) is 17.6. The van der Waals surface area contributed by atoms with Crippen LogP contribution < -0.4 is 10.1 Å². The molecule has 128 valence electrons. The zero-order valence-corrected chi connectivity index (χ0v) is 14.4. The van der Waals surface area contributed by atoms with Gasteiger partial charge in [-0.15, -0.1) is 0 Å². The van der Waals surface area contributed by atoms with E-state index in [0.717, 1.165) is 50.7 Å². The number of carbonyl (C=O) groups excluding carboxylic acids is 1. The molecule has 0 aliphatic carbocycles. The fraction of sp³-hybridized carbons (Fsp3) is 0.588. The van der Waals surface area contributed by atoms with Gasteiger partial charge in [0, 0.05) is 37.9 Å². The smallest absolute Gasteiger partial charge is 0.321 e. The number of amides is 2. The molecule has 0 unspecified atom stereocenters. The normalized spacial score (nSPS) is 15.7. The maximum atomic E-state index is 12.3. The molecule has 0 aromatic heterocycles. The van der Waals surface area contributed by atoms with E-state index in [0.29, 0.717) is 0 Å². The van der Waals surface area contributed by atoms with Crippen LogP contribution in [-0.4, -0.2) is 81.2 Å². The second-order valence-electron chi connectivity index (χ2n) is 6.15. The lowest BCUT2D eigenvalue weighted by atomic mass is 10.3. The first-order valence-corrected chi connectivity index (χ1v) is 8.15. The minimum Gasteiger partial charge on any atom is -0.497 e. The molecule has 1 fully saturated rings. The molecule has 0 atom stereocenters. The number of piperazine rings is 1. The molecule has 1 saturated heterocycles. The molecule has 0 spiro atoms. The Morgan fingerprint density at radius 2 is 2.00 bits per heavy atom. The summed E-state index contributed by atoms with van der Waals surface area (Å²) < 4.78 is 5.18. The Balaban J connectivity index is 1.75. The first-order valence-electron chi connectivity index (χ1n) is 8.15. The number of methoxy groups -OCH3 is 1. The van der Waals surface area contributed by atoms with Crippen LogP contribution in [0.3, 0.4) is 0 Å². The zero-order chi connectivity index (χ0) is 16.7. The van der Waals surface area contributed by atoms with Crippen LogP contribution in [0, 0.1) is 0 Å². The van der Waals surface area contributed by atoms with Crippen molar-refractivity contribution in [3.8, 4) is 5.75 Å². The molecule has 2 amide bonds. The van der Waals surface area contributed by atoms with Crippen molar-refractivity contribution in [2.45, 2.75) is 6.42 Å². The van der Waals surface area contributed by atoms with Crippen LogP contribution in [0.15, 0.2) is 24.3 Å². The zero-order valence-electron chi connectivity index (χ0n) is 14.4. The van der Waals surface area contributed by atoms with E-state index in [1.54, 1.807) is 7.11 Å². The SMILES string of the molecule is COc1cccc(NC(=O)N2CCN(CCCN(C)C)CC2)c1. The van der Waals surface area contributed by atoms with E-state index >= 15 is 0 Å². The average molecular weight is 320 g/mol. The Morgan fingerprint density at radius 1 is 1.26 bits per heavy atom. The standard InChI is InChI=1S/C17H28N4O2/c1-19(2)8-5-9-20-10-12-21(13-11-20)17(22)18-15-6-4-7-16(14-15)23-3/h4,6-7,14H,5,8-13H2,1-3H3,(H,18,22). The predicted molar refractivity (Wildman–Crippen MR) is 93.2 cm³/mol. The first-order chi connectivity index (χ1) is 11.1. The van der Waals surface area contributed by atoms with E-state index in [2.05, 4.69) is 29.2 Å². The van der Waals surface area contributed by atoms with E-state index in [4.69, 9.17) is 4.74 Å². The second kappa shape index (κ2) is 8.74. The van der Waals surface area contributed by atoms with Crippen LogP contribution in [0.5, 0.6) is 5.75 Å². The van der Waals surface area contributed by atoms with Crippen molar-refractivity contribution in [1.82, 2.24) is 14.7 Å². The van der Waals surface area contributed by atoms with Gasteiger partial charge < -0.3 is 19.9 Å². The largest absolute Gasteiger partial charge is 0.497 e. The molecule has 1 aliphatic rings. The molecule has 6 nitrogen and oxygen atoms in total. The van der Waals surface area contributed by atoms with Crippen LogP contribution >= 0.6 is 0 Å². The van der Waals surface area contributed by atoms with Crippen molar-refractivity contribution in [3.63, 3.8) is 0 Å². The van der Waals surface area contributed by atoms with Gasteiger partial charge in [-0.2, -0.15) is 0 Å². The van der Waals surface area contributed by atoms with Gasteiger partial charge in [-0.1, -0.05) is 6.07 Å². The Labute approximate surface area is 139 Å². The third-order valence-corrected chi connectivity index (χ3v) is 4.06. The van der Waals surface area contributed by atoms with Crippen LogP contribution in [-0.2, 0) is 0 Å². The minimum atomic E-state index is -0.0359. The van der Waals surface area contributed by atoms with Crippen molar-refractivity contribution in [1.29, 1.82) is 0 Å². The lowest BCUT2D eigenvalue weighted by Crippen LogP contribution is -2.50. The topological polar surface area (TPSA) is 48.1 Å². The number of nitrogens with zero attached hydrogens (tertiary/aromatic N) is 3. The molecule has 1 aliphatic heterocycles. The Bertz CT molecular complexity index is 499. The van der Waals surface area contributed by atoms with Crippen molar-refractivity contribution < 1.29 is 9.53 Å². The number of nitrogens with one attached hydrogen (secondary N) is 1. The molecule has 1 heterocycles. The van der Waals surface area contributed by atoms with Gasteiger partial charge in [0.1, 0.15) is 5.75 Å². The van der Waals surface area contributed by atoms with E-state index in [-0.39, 0.29) is 6.03 Å². The molecule has 0 bridgehead atoms. The number of hydrogen-bond donors (Lipinski definition) is 1. The van der Waals surface area contributed by atoms with Crippen molar-refractivity contribution >= 4 is 11.7 Å². The number of rotatable bonds is 6. The van der Waals surface area contributed by atoms with Gasteiger partial charge in [0.2, 0.25) is 0 Å². The molecule has 0 saturated carbocycles. The minimum absolute atomic E-state index is 0.0359. The van der Waals surface area contributed by atoms with Gasteiger partial charge >= 0.3 is 6.03 Å². The number of carbonyl (C=O) groups is 1. The van der Waals surface area contributed by atoms with Crippen molar-refractivity contribution in [2.75, 3.05) is 65.8 Å². The quantitative estimate of drug-likeness (QED) is 0.868. The maximum Gasteiger partial charge on any atom is 0.321 e. The van der Waals surface area contributed by atoms with Gasteiger partial charge in [0.05, 0.1) is 7.11 Å². The Kier molecular flexibility index (Phi) is 6.67. The summed E-state index contributed by atoms with van der Waals surface area (Å²) in [4.78, 5) is 18.8. The molecule has 6 heteroatoms. The fourth-order valence-electron chi connectivity index (χ4n) is 2.69. The van der Waals surface area contributed by atoms with Gasteiger partial charge in [-0.05, 0) is 45.7 Å². The van der Waals surface area contributed by atoms with Crippen molar-refractivity contribution in [2.24, 2.45) is 0 Å². The molecular formula is C17H28N4O2. The second-order valence-corrected chi connectivity index (χ2v) is 6.15. The third-order valence-electron chi connectivity index (χ3n) is 4.06. The highest BCUT2D eigenvalue weighted by Gasteiger charge is 2.20. The molecule has 1 aromatic rings. The summed E-state index contributed by atoms with van der Waals surface area (Å²) in [6.45, 7) is 5.65. The Hall–Kier alpha value is -1.79. The molecule has 1 aromatic carbocycles.